The minimum atomic E-state index is -4.01. The smallest absolute Gasteiger partial charge is 0.257 e. The molecule has 0 radical (unpaired) electrons. The van der Waals surface area contributed by atoms with Crippen LogP contribution >= 0.6 is 0 Å². The summed E-state index contributed by atoms with van der Waals surface area (Å²) in [4.78, 5) is 31.9. The number of carbonyl (C=O) groups is 2. The van der Waals surface area contributed by atoms with E-state index in [1.807, 2.05) is 76.2 Å². The number of nitrogens with zero attached hydrogens (tertiary/aromatic N) is 1. The first-order valence-corrected chi connectivity index (χ1v) is 22.6. The molecule has 0 spiro atoms. The number of benzene rings is 2. The van der Waals surface area contributed by atoms with Gasteiger partial charge in [0.1, 0.15) is 11.2 Å². The number of nitrogens with one attached hydrogen (secondary N) is 1. The van der Waals surface area contributed by atoms with E-state index < -0.39 is 41.5 Å². The van der Waals surface area contributed by atoms with Crippen LogP contribution < -0.4 is 14.8 Å². The van der Waals surface area contributed by atoms with E-state index in [1.165, 1.54) is 0 Å². The monoisotopic (exact) mass is 823 g/mol. The molecule has 2 aliphatic rings. The molecule has 2 amide bonds. The highest BCUT2D eigenvalue weighted by molar-refractivity contribution is 7.94. The molecule has 8 nitrogen and oxygen atoms in total. The number of amides is 2. The number of hydrogen-bond donors (Lipinski definition) is 1. The van der Waals surface area contributed by atoms with E-state index in [1.54, 1.807) is 39.5 Å². The highest BCUT2D eigenvalue weighted by atomic mass is 32.2. The summed E-state index contributed by atoms with van der Waals surface area (Å²) in [7, 11) is -4.01. The number of hydrogen-bond acceptors (Lipinski definition) is 6. The molecule has 1 aliphatic carbocycles. The van der Waals surface area contributed by atoms with E-state index in [2.05, 4.69) is 67.6 Å². The van der Waals surface area contributed by atoms with Crippen molar-refractivity contribution in [1.82, 2.24) is 4.90 Å². The summed E-state index contributed by atoms with van der Waals surface area (Å²) in [6, 6.07) is 0. The molecule has 0 unspecified atom stereocenters. The van der Waals surface area contributed by atoms with E-state index >= 15 is 13.2 Å². The molecule has 4 rings (SSSR count). The number of anilines is 1. The van der Waals surface area contributed by atoms with E-state index in [-0.39, 0.29) is 34.6 Å². The summed E-state index contributed by atoms with van der Waals surface area (Å²) >= 11 is 0. The Balaban J connectivity index is 2.17. The van der Waals surface area contributed by atoms with Crippen molar-refractivity contribution in [2.75, 3.05) is 5.32 Å². The van der Waals surface area contributed by atoms with Crippen LogP contribution in [-0.2, 0) is 26.7 Å². The first kappa shape index (κ1) is 47.6. The molecular formula is C49H78N2O6S. The first-order valence-electron chi connectivity index (χ1n) is 21.1. The molecule has 9 heteroatoms. The van der Waals surface area contributed by atoms with Gasteiger partial charge >= 0.3 is 0 Å². The molecule has 0 saturated heterocycles. The number of ether oxygens (including phenoxy) is 2. The Kier molecular flexibility index (Phi) is 11.1. The Morgan fingerprint density at radius 1 is 0.655 bits per heavy atom. The second kappa shape index (κ2) is 13.5. The molecule has 2 aromatic rings. The van der Waals surface area contributed by atoms with Crippen LogP contribution in [0.3, 0.4) is 0 Å². The summed E-state index contributed by atoms with van der Waals surface area (Å²) in [5.74, 6) is 0.691. The van der Waals surface area contributed by atoms with Gasteiger partial charge < -0.3 is 19.7 Å². The fraction of sp³-hybridized carbons (Fsp3) is 0.714. The minimum absolute atomic E-state index is 0.124. The highest BCUT2D eigenvalue weighted by Crippen LogP contribution is 2.78. The zero-order valence-electron chi connectivity index (χ0n) is 41.0. The molecule has 1 aliphatic heterocycles. The average molecular weight is 823 g/mol. The predicted molar refractivity (Wildman–Crippen MR) is 240 cm³/mol. The second-order valence-electron chi connectivity index (χ2n) is 23.0. The molecule has 1 fully saturated rings. The van der Waals surface area contributed by atoms with Crippen molar-refractivity contribution >= 4 is 27.3 Å². The van der Waals surface area contributed by atoms with Gasteiger partial charge in [0.05, 0.1) is 31.7 Å². The van der Waals surface area contributed by atoms with Crippen molar-refractivity contribution in [3.05, 3.63) is 50.1 Å². The number of rotatable bonds is 9. The van der Waals surface area contributed by atoms with E-state index in [9.17, 15) is 4.79 Å². The van der Waals surface area contributed by atoms with Crippen molar-refractivity contribution in [3.8, 4) is 11.5 Å². The Hall–Kier alpha value is -3.07. The van der Waals surface area contributed by atoms with Crippen LogP contribution in [0.15, 0.2) is 0 Å². The minimum Gasteiger partial charge on any atom is -0.484 e. The standard InChI is InChI=1S/C49H78N2O6S/c1-27-28(2)33-26-51(39(52)34(33)36(30(27)4)50-40(53)48(24)44(16,17)45(48,18)19)49(25,47(22,23)58(54,55)43(13,14)15)35-29(3)31(5)37(56-42(10,11)12)38(32(35)6)57-46(20,21)41(7,8)9/h26H2,1-25H3,(H,50,53)/t49-/m1/s1. The van der Waals surface area contributed by atoms with Gasteiger partial charge in [0.2, 0.25) is 5.91 Å². The van der Waals surface area contributed by atoms with Gasteiger partial charge in [0.15, 0.2) is 21.3 Å². The van der Waals surface area contributed by atoms with Crippen molar-refractivity contribution < 1.29 is 27.5 Å². The van der Waals surface area contributed by atoms with Gasteiger partial charge in [-0.3, -0.25) is 9.59 Å². The zero-order chi connectivity index (χ0) is 45.5. The summed E-state index contributed by atoms with van der Waals surface area (Å²) in [5.41, 5.74) is 3.32. The summed E-state index contributed by atoms with van der Waals surface area (Å²) in [6.45, 7) is 49.7. The third-order valence-electron chi connectivity index (χ3n) is 16.4. The molecule has 2 aromatic carbocycles. The van der Waals surface area contributed by atoms with Gasteiger partial charge in [-0.05, 0) is 174 Å². The summed E-state index contributed by atoms with van der Waals surface area (Å²) < 4.78 is 41.6. The van der Waals surface area contributed by atoms with Crippen LogP contribution in [0.1, 0.15) is 186 Å². The third-order valence-corrected chi connectivity index (χ3v) is 19.8. The van der Waals surface area contributed by atoms with Crippen LogP contribution in [0.5, 0.6) is 11.5 Å². The Morgan fingerprint density at radius 2 is 1.12 bits per heavy atom. The Bertz CT molecular complexity index is 2170. The Labute approximate surface area is 352 Å². The summed E-state index contributed by atoms with van der Waals surface area (Å²) in [5, 5.41) is 3.30. The molecule has 1 saturated carbocycles. The van der Waals surface area contributed by atoms with Crippen LogP contribution in [0.2, 0.25) is 0 Å². The quantitative estimate of drug-likeness (QED) is 0.270. The third kappa shape index (κ3) is 6.35. The van der Waals surface area contributed by atoms with Gasteiger partial charge in [-0.1, -0.05) is 48.5 Å². The van der Waals surface area contributed by atoms with Crippen LogP contribution in [0, 0.1) is 63.2 Å². The molecule has 1 atom stereocenters. The largest absolute Gasteiger partial charge is 0.484 e. The van der Waals surface area contributed by atoms with Crippen LogP contribution in [0.4, 0.5) is 5.69 Å². The SMILES string of the molecule is Cc1c(C)c2c(c(NC(=O)C3(C)C(C)(C)C3(C)C)c1C)C(=O)N([C@](C)(c1c(C)c(C)c(OC(C)(C)C)c(OC(C)(C)C(C)(C)C)c1C)C(C)(C)S(=O)(=O)C(C)(C)C)C2. The molecule has 58 heavy (non-hydrogen) atoms. The van der Waals surface area contributed by atoms with Crippen LogP contribution in [0.25, 0.3) is 0 Å². The number of sulfone groups is 1. The summed E-state index contributed by atoms with van der Waals surface area (Å²) in [6.07, 6.45) is 0. The van der Waals surface area contributed by atoms with Gasteiger partial charge in [-0.15, -0.1) is 0 Å². The average Bonchev–Trinajstić information content (AvgIpc) is 3.24. The molecule has 0 bridgehead atoms. The lowest BCUT2D eigenvalue weighted by Crippen LogP contribution is -2.64. The maximum atomic E-state index is 15.7. The van der Waals surface area contributed by atoms with Gasteiger partial charge in [-0.25, -0.2) is 8.42 Å². The molecule has 0 aromatic heterocycles. The first-order chi connectivity index (χ1) is 25.6. The topological polar surface area (TPSA) is 102 Å². The van der Waals surface area contributed by atoms with Gasteiger partial charge in [0, 0.05) is 17.5 Å². The van der Waals surface area contributed by atoms with E-state index in [4.69, 9.17) is 9.47 Å². The van der Waals surface area contributed by atoms with Crippen molar-refractivity contribution in [2.24, 2.45) is 21.7 Å². The fourth-order valence-electron chi connectivity index (χ4n) is 9.51. The molecule has 1 heterocycles. The zero-order valence-corrected chi connectivity index (χ0v) is 41.8. The normalized spacial score (nSPS) is 19.1. The van der Waals surface area contributed by atoms with Gasteiger partial charge in [0.25, 0.3) is 5.91 Å². The lowest BCUT2D eigenvalue weighted by Gasteiger charge is -2.53. The Morgan fingerprint density at radius 3 is 1.53 bits per heavy atom. The number of fused-ring (bicyclic) bond motifs is 1. The van der Waals surface area contributed by atoms with E-state index in [0.29, 0.717) is 33.9 Å². The van der Waals surface area contributed by atoms with Gasteiger partial charge in [-0.2, -0.15) is 0 Å². The number of carbonyl (C=O) groups excluding carboxylic acids is 2. The lowest BCUT2D eigenvalue weighted by atomic mass is 9.73. The van der Waals surface area contributed by atoms with Crippen molar-refractivity contribution in [3.63, 3.8) is 0 Å². The van der Waals surface area contributed by atoms with Crippen molar-refractivity contribution in [2.45, 2.75) is 206 Å². The lowest BCUT2D eigenvalue weighted by molar-refractivity contribution is -0.122. The van der Waals surface area contributed by atoms with Crippen LogP contribution in [-0.4, -0.2) is 45.8 Å². The predicted octanol–water partition coefficient (Wildman–Crippen LogP) is 11.8. The maximum Gasteiger partial charge on any atom is 0.257 e. The highest BCUT2D eigenvalue weighted by Gasteiger charge is 2.78. The molecule has 1 N–H and O–H groups in total. The molecule has 326 valence electrons. The second-order valence-corrected chi connectivity index (χ2v) is 26.3. The fourth-order valence-corrected chi connectivity index (χ4v) is 11.8. The molecular weight excluding hydrogens is 745 g/mol. The maximum absolute atomic E-state index is 15.7. The van der Waals surface area contributed by atoms with Crippen molar-refractivity contribution in [1.29, 1.82) is 0 Å². The van der Waals surface area contributed by atoms with E-state index in [0.717, 1.165) is 33.4 Å².